The van der Waals surface area contributed by atoms with Gasteiger partial charge in [0.15, 0.2) is 0 Å². The van der Waals surface area contributed by atoms with Gasteiger partial charge in [-0.05, 0) is 74.6 Å². The number of aryl methyl sites for hydroxylation is 2. The summed E-state index contributed by atoms with van der Waals surface area (Å²) in [6, 6.07) is 7.63. The summed E-state index contributed by atoms with van der Waals surface area (Å²) in [5, 5.41) is 1.52. The molecule has 0 saturated carbocycles. The molecule has 148 valence electrons. The molecule has 0 unspecified atom stereocenters. The van der Waals surface area contributed by atoms with Gasteiger partial charge in [-0.15, -0.1) is 0 Å². The number of halogens is 3. The number of fused-ring (bicyclic) bond motifs is 1. The van der Waals surface area contributed by atoms with Crippen LogP contribution in [0.25, 0.3) is 0 Å². The van der Waals surface area contributed by atoms with E-state index in [0.29, 0.717) is 20.9 Å². The van der Waals surface area contributed by atoms with E-state index in [1.807, 2.05) is 26.0 Å². The molecular weight excluding hydrogens is 401 g/mol. The first-order chi connectivity index (χ1) is 12.5. The van der Waals surface area contributed by atoms with Gasteiger partial charge < -0.3 is 5.73 Å². The van der Waals surface area contributed by atoms with Gasteiger partial charge in [0.1, 0.15) is 15.5 Å². The van der Waals surface area contributed by atoms with Crippen molar-refractivity contribution in [1.29, 1.82) is 0 Å². The van der Waals surface area contributed by atoms with Crippen LogP contribution in [-0.4, -0.2) is 15.5 Å². The lowest BCUT2D eigenvalue weighted by Crippen LogP contribution is -2.32. The van der Waals surface area contributed by atoms with E-state index in [0.717, 1.165) is 31.2 Å². The quantitative estimate of drug-likeness (QED) is 0.583. The van der Waals surface area contributed by atoms with Crippen molar-refractivity contribution in [3.8, 4) is 0 Å². The Kier molecular flexibility index (Phi) is 7.54. The number of aromatic nitrogens is 2. The molecule has 0 aromatic carbocycles. The molecule has 0 radical (unpaired) electrons. The molecule has 0 saturated heterocycles. The van der Waals surface area contributed by atoms with Crippen LogP contribution in [0.2, 0.25) is 15.5 Å². The average molecular weight is 429 g/mol. The average Bonchev–Trinajstić information content (AvgIpc) is 2.52. The number of hydrogen-bond donors (Lipinski definition) is 1. The van der Waals surface area contributed by atoms with Crippen molar-refractivity contribution in [2.75, 3.05) is 0 Å². The molecule has 0 spiro atoms. The van der Waals surface area contributed by atoms with Crippen LogP contribution in [0.5, 0.6) is 0 Å². The Balaban J connectivity index is 0.000000194. The number of nitrogens with zero attached hydrogens (tertiary/aromatic N) is 2. The highest BCUT2D eigenvalue weighted by Gasteiger charge is 2.25. The minimum absolute atomic E-state index is 0.178. The molecule has 0 fully saturated rings. The number of nitrogens with two attached hydrogens (primary N) is 1. The van der Waals surface area contributed by atoms with Gasteiger partial charge in [-0.25, -0.2) is 9.97 Å². The zero-order valence-corrected chi connectivity index (χ0v) is 18.7. The minimum Gasteiger partial charge on any atom is -0.326 e. The molecule has 2 aromatic rings. The highest BCUT2D eigenvalue weighted by atomic mass is 35.5. The summed E-state index contributed by atoms with van der Waals surface area (Å²) in [5.41, 5.74) is 9.66. The van der Waals surface area contributed by atoms with Gasteiger partial charge in [0.25, 0.3) is 0 Å². The van der Waals surface area contributed by atoms with Crippen molar-refractivity contribution >= 4 is 34.8 Å². The normalized spacial score (nSPS) is 15.6. The molecule has 0 aliphatic heterocycles. The van der Waals surface area contributed by atoms with Gasteiger partial charge in [0, 0.05) is 11.2 Å². The number of pyridine rings is 2. The molecule has 0 bridgehead atoms. The summed E-state index contributed by atoms with van der Waals surface area (Å²) in [5.74, 6) is 0. The lowest BCUT2D eigenvalue weighted by molar-refractivity contribution is 0.310. The van der Waals surface area contributed by atoms with Crippen molar-refractivity contribution < 1.29 is 0 Å². The fourth-order valence-electron chi connectivity index (χ4n) is 2.98. The highest BCUT2D eigenvalue weighted by molar-refractivity contribution is 6.32. The van der Waals surface area contributed by atoms with Gasteiger partial charge in [-0.2, -0.15) is 0 Å². The Bertz CT molecular complexity index is 783. The maximum absolute atomic E-state index is 5.92. The maximum atomic E-state index is 5.92. The summed E-state index contributed by atoms with van der Waals surface area (Å²) < 4.78 is 0. The predicted molar refractivity (Wildman–Crippen MR) is 116 cm³/mol. The first-order valence-electron chi connectivity index (χ1n) is 9.19. The Labute approximate surface area is 177 Å². The smallest absolute Gasteiger partial charge is 0.134 e. The van der Waals surface area contributed by atoms with Crippen LogP contribution in [0.1, 0.15) is 57.4 Å². The molecule has 1 aliphatic rings. The van der Waals surface area contributed by atoms with Crippen LogP contribution < -0.4 is 5.73 Å². The summed E-state index contributed by atoms with van der Waals surface area (Å²) in [7, 11) is 0. The Hall–Kier alpha value is -0.870. The molecule has 3 nitrogen and oxygen atoms in total. The van der Waals surface area contributed by atoms with Crippen LogP contribution in [0, 0.1) is 5.41 Å². The van der Waals surface area contributed by atoms with E-state index < -0.39 is 0 Å². The summed E-state index contributed by atoms with van der Waals surface area (Å²) in [6.07, 6.45) is 5.15. The maximum Gasteiger partial charge on any atom is 0.134 e. The van der Waals surface area contributed by atoms with Crippen molar-refractivity contribution in [2.24, 2.45) is 11.1 Å². The van der Waals surface area contributed by atoms with Crippen molar-refractivity contribution in [2.45, 2.75) is 65.3 Å². The van der Waals surface area contributed by atoms with E-state index in [-0.39, 0.29) is 5.54 Å². The van der Waals surface area contributed by atoms with Gasteiger partial charge in [0.2, 0.25) is 0 Å². The van der Waals surface area contributed by atoms with E-state index >= 15 is 0 Å². The zero-order valence-electron chi connectivity index (χ0n) is 16.5. The van der Waals surface area contributed by atoms with Crippen LogP contribution >= 0.6 is 34.8 Å². The van der Waals surface area contributed by atoms with E-state index in [2.05, 4.69) is 29.9 Å². The fraction of sp³-hybridized carbons (Fsp3) is 0.524. The second kappa shape index (κ2) is 9.09. The van der Waals surface area contributed by atoms with Crippen LogP contribution in [0.15, 0.2) is 24.3 Å². The predicted octanol–water partition coefficient (Wildman–Crippen LogP) is 6.31. The fourth-order valence-corrected chi connectivity index (χ4v) is 3.59. The topological polar surface area (TPSA) is 51.8 Å². The van der Waals surface area contributed by atoms with Gasteiger partial charge >= 0.3 is 0 Å². The molecule has 3 rings (SSSR count). The first kappa shape index (κ1) is 22.4. The minimum atomic E-state index is -0.178. The lowest BCUT2D eigenvalue weighted by atomic mass is 9.76. The lowest BCUT2D eigenvalue weighted by Gasteiger charge is -2.30. The molecule has 2 heterocycles. The largest absolute Gasteiger partial charge is 0.326 e. The molecule has 6 heteroatoms. The highest BCUT2D eigenvalue weighted by Crippen LogP contribution is 2.34. The van der Waals surface area contributed by atoms with E-state index in [4.69, 9.17) is 40.5 Å². The molecule has 0 amide bonds. The summed E-state index contributed by atoms with van der Waals surface area (Å²) in [6.45, 7) is 8.56. The van der Waals surface area contributed by atoms with Crippen molar-refractivity contribution in [1.82, 2.24) is 9.97 Å². The Morgan fingerprint density at radius 1 is 1.04 bits per heavy atom. The third-order valence-corrected chi connectivity index (χ3v) is 5.43. The third kappa shape index (κ3) is 7.57. The number of hydrogen-bond acceptors (Lipinski definition) is 3. The van der Waals surface area contributed by atoms with Crippen molar-refractivity contribution in [3.63, 3.8) is 0 Å². The van der Waals surface area contributed by atoms with Crippen LogP contribution in [-0.2, 0) is 19.3 Å². The standard InChI is InChI=1S/C11H14ClN.C10H14Cl2N2/c1-11(2)6-5-8-3-4-10(12)13-9(8)7-11;1-10(2,13)6-5-7-3-4-8(11)14-9(7)12/h3-4H,5-7H2,1-2H3;3-4H,5-6,13H2,1-2H3. The molecule has 0 atom stereocenters. The molecule has 1 aliphatic carbocycles. The second-order valence-corrected chi connectivity index (χ2v) is 9.79. The molecule has 2 aromatic heterocycles. The molecule has 2 N–H and O–H groups in total. The van der Waals surface area contributed by atoms with Crippen LogP contribution in [0.4, 0.5) is 0 Å². The molecular formula is C21H28Cl3N3. The van der Waals surface area contributed by atoms with E-state index in [1.165, 1.54) is 17.7 Å². The Morgan fingerprint density at radius 3 is 2.30 bits per heavy atom. The van der Waals surface area contributed by atoms with Gasteiger partial charge in [-0.3, -0.25) is 0 Å². The summed E-state index contributed by atoms with van der Waals surface area (Å²) >= 11 is 17.5. The second-order valence-electron chi connectivity index (χ2n) is 8.65. The first-order valence-corrected chi connectivity index (χ1v) is 10.3. The van der Waals surface area contributed by atoms with Crippen molar-refractivity contribution in [3.05, 3.63) is 56.5 Å². The Morgan fingerprint density at radius 2 is 1.67 bits per heavy atom. The van der Waals surface area contributed by atoms with Gasteiger partial charge in [0.05, 0.1) is 0 Å². The third-order valence-electron chi connectivity index (χ3n) is 4.68. The summed E-state index contributed by atoms with van der Waals surface area (Å²) in [4.78, 5) is 8.34. The van der Waals surface area contributed by atoms with Gasteiger partial charge in [-0.1, -0.05) is 60.8 Å². The zero-order chi connectivity index (χ0) is 20.2. The van der Waals surface area contributed by atoms with E-state index in [9.17, 15) is 0 Å². The van der Waals surface area contributed by atoms with E-state index in [1.54, 1.807) is 6.07 Å². The SMILES string of the molecule is CC(C)(N)CCc1ccc(Cl)nc1Cl.CC1(C)CCc2ccc(Cl)nc2C1. The molecule has 27 heavy (non-hydrogen) atoms. The van der Waals surface area contributed by atoms with Crippen LogP contribution in [0.3, 0.4) is 0 Å². The number of rotatable bonds is 3. The monoisotopic (exact) mass is 427 g/mol.